The molecule has 0 radical (unpaired) electrons. The maximum Gasteiger partial charge on any atom is 0.495 e. The van der Waals surface area contributed by atoms with Gasteiger partial charge in [0.2, 0.25) is 0 Å². The summed E-state index contributed by atoms with van der Waals surface area (Å²) in [7, 11) is 1.17. The number of ether oxygens (including phenoxy) is 1. The van der Waals surface area contributed by atoms with Crippen molar-refractivity contribution in [3.8, 4) is 17.0 Å². The number of hydrogen-bond acceptors (Lipinski definition) is 4. The van der Waals surface area contributed by atoms with Crippen LogP contribution in [0.3, 0.4) is 0 Å². The van der Waals surface area contributed by atoms with Crippen molar-refractivity contribution in [2.24, 2.45) is 0 Å². The minimum atomic E-state index is -0.528. The Morgan fingerprint density at radius 3 is 2.10 bits per heavy atom. The lowest BCUT2D eigenvalue weighted by atomic mass is 9.73. The minimum absolute atomic E-state index is 0.444. The van der Waals surface area contributed by atoms with Crippen LogP contribution in [0.4, 0.5) is 0 Å². The number of pyridine rings is 1. The molecule has 1 aromatic heterocycles. The number of aromatic nitrogens is 1. The van der Waals surface area contributed by atoms with Gasteiger partial charge in [-0.3, -0.25) is 4.98 Å². The Morgan fingerprint density at radius 1 is 0.806 bits per heavy atom. The highest BCUT2D eigenvalue weighted by atomic mass is 16.7. The maximum absolute atomic E-state index is 6.47. The fourth-order valence-electron chi connectivity index (χ4n) is 4.27. The first-order valence-electron chi connectivity index (χ1n) is 10.6. The lowest BCUT2D eigenvalue weighted by Crippen LogP contribution is -2.41. The number of methoxy groups -OCH3 is 1. The van der Waals surface area contributed by atoms with E-state index in [0.29, 0.717) is 0 Å². The van der Waals surface area contributed by atoms with Crippen molar-refractivity contribution in [3.63, 3.8) is 0 Å². The van der Waals surface area contributed by atoms with E-state index in [9.17, 15) is 0 Å². The summed E-state index contributed by atoms with van der Waals surface area (Å²) >= 11 is 0. The second-order valence-electron chi connectivity index (χ2n) is 9.06. The van der Waals surface area contributed by atoms with E-state index in [4.69, 9.17) is 19.0 Å². The van der Waals surface area contributed by atoms with E-state index in [1.54, 1.807) is 7.11 Å². The topological polar surface area (TPSA) is 40.6 Å². The second-order valence-corrected chi connectivity index (χ2v) is 9.06. The van der Waals surface area contributed by atoms with E-state index in [1.165, 1.54) is 0 Å². The molecule has 5 heteroatoms. The highest BCUT2D eigenvalue weighted by Gasteiger charge is 2.52. The fourth-order valence-corrected chi connectivity index (χ4v) is 4.27. The first-order chi connectivity index (χ1) is 14.8. The van der Waals surface area contributed by atoms with Crippen molar-refractivity contribution in [2.45, 2.75) is 38.9 Å². The molecule has 0 aliphatic carbocycles. The Kier molecular flexibility index (Phi) is 4.58. The van der Waals surface area contributed by atoms with Gasteiger partial charge in [-0.05, 0) is 56.1 Å². The van der Waals surface area contributed by atoms with E-state index in [-0.39, 0.29) is 0 Å². The van der Waals surface area contributed by atoms with Gasteiger partial charge in [-0.1, -0.05) is 48.5 Å². The van der Waals surface area contributed by atoms with E-state index in [0.717, 1.165) is 44.0 Å². The molecule has 0 bridgehead atoms. The number of rotatable bonds is 3. The molecule has 1 aliphatic heterocycles. The Hall–Kier alpha value is -2.89. The number of nitrogens with zero attached hydrogens (tertiary/aromatic N) is 1. The third-order valence-electron chi connectivity index (χ3n) is 6.67. The summed E-state index contributed by atoms with van der Waals surface area (Å²) in [5, 5.41) is 4.34. The molecule has 0 unspecified atom stereocenters. The average molecular weight is 411 g/mol. The van der Waals surface area contributed by atoms with Crippen LogP contribution in [0.1, 0.15) is 27.7 Å². The van der Waals surface area contributed by atoms with E-state index >= 15 is 0 Å². The molecule has 0 spiro atoms. The van der Waals surface area contributed by atoms with Crippen LogP contribution in [0.25, 0.3) is 32.8 Å². The molecule has 0 amide bonds. The van der Waals surface area contributed by atoms with Crippen molar-refractivity contribution in [3.05, 3.63) is 66.9 Å². The zero-order chi connectivity index (χ0) is 21.8. The molecule has 0 N–H and O–H groups in total. The Balaban J connectivity index is 1.86. The molecule has 156 valence electrons. The Morgan fingerprint density at radius 2 is 1.42 bits per heavy atom. The van der Waals surface area contributed by atoms with Gasteiger partial charge in [-0.2, -0.15) is 0 Å². The van der Waals surface area contributed by atoms with Crippen LogP contribution in [-0.4, -0.2) is 30.4 Å². The van der Waals surface area contributed by atoms with E-state index in [1.807, 2.05) is 42.6 Å². The quantitative estimate of drug-likeness (QED) is 0.426. The van der Waals surface area contributed by atoms with Crippen LogP contribution in [0.15, 0.2) is 66.9 Å². The lowest BCUT2D eigenvalue weighted by Gasteiger charge is -2.32. The van der Waals surface area contributed by atoms with Gasteiger partial charge in [-0.15, -0.1) is 0 Å². The average Bonchev–Trinajstić information content (AvgIpc) is 2.99. The number of benzene rings is 3. The van der Waals surface area contributed by atoms with Crippen molar-refractivity contribution >= 4 is 34.1 Å². The van der Waals surface area contributed by atoms with Gasteiger partial charge in [0.05, 0.1) is 24.0 Å². The molecule has 31 heavy (non-hydrogen) atoms. The fraction of sp³-hybridized carbons (Fsp3) is 0.269. The molecule has 4 nitrogen and oxygen atoms in total. The van der Waals surface area contributed by atoms with Crippen LogP contribution in [0.5, 0.6) is 5.75 Å². The number of fused-ring (bicyclic) bond motifs is 2. The molecule has 3 aromatic carbocycles. The third-order valence-corrected chi connectivity index (χ3v) is 6.67. The summed E-state index contributed by atoms with van der Waals surface area (Å²) in [6, 6.07) is 20.7. The molecule has 1 fully saturated rings. The van der Waals surface area contributed by atoms with E-state index < -0.39 is 18.3 Å². The van der Waals surface area contributed by atoms with Gasteiger partial charge < -0.3 is 14.0 Å². The second kappa shape index (κ2) is 7.08. The summed E-state index contributed by atoms with van der Waals surface area (Å²) in [6.45, 7) is 8.28. The van der Waals surface area contributed by atoms with Crippen LogP contribution < -0.4 is 10.2 Å². The third kappa shape index (κ3) is 3.11. The standard InChI is InChI=1S/C26H26BNO3/c1-25(2)26(3,4)31-27(30-25)21-16-22(29-5)19-12-8-9-13-20(19)23(21)24-18-11-7-6-10-17(18)14-15-28-24/h6-16H,1-5H3. The smallest absolute Gasteiger partial charge is 0.495 e. The van der Waals surface area contributed by atoms with Crippen molar-refractivity contribution < 1.29 is 14.0 Å². The van der Waals surface area contributed by atoms with Gasteiger partial charge >= 0.3 is 7.12 Å². The zero-order valence-electron chi connectivity index (χ0n) is 18.6. The SMILES string of the molecule is COc1cc(B2OC(C)(C)C(C)(C)O2)c(-c2nccc3ccccc23)c2ccccc12. The predicted octanol–water partition coefficient (Wildman–Crippen LogP) is 5.36. The van der Waals surface area contributed by atoms with Gasteiger partial charge in [0.15, 0.2) is 0 Å². The predicted molar refractivity (Wildman–Crippen MR) is 127 cm³/mol. The van der Waals surface area contributed by atoms with Crippen molar-refractivity contribution in [1.82, 2.24) is 4.98 Å². The van der Waals surface area contributed by atoms with Crippen LogP contribution in [0, 0.1) is 0 Å². The molecular formula is C26H26BNO3. The van der Waals surface area contributed by atoms with Crippen LogP contribution in [0.2, 0.25) is 0 Å². The first kappa shape index (κ1) is 20.0. The lowest BCUT2D eigenvalue weighted by molar-refractivity contribution is 0.00578. The first-order valence-corrected chi connectivity index (χ1v) is 10.6. The minimum Gasteiger partial charge on any atom is -0.496 e. The number of hydrogen-bond donors (Lipinski definition) is 0. The summed E-state index contributed by atoms with van der Waals surface area (Å²) in [6.07, 6.45) is 1.87. The summed E-state index contributed by atoms with van der Waals surface area (Å²) < 4.78 is 18.7. The highest BCUT2D eigenvalue weighted by molar-refractivity contribution is 6.64. The highest BCUT2D eigenvalue weighted by Crippen LogP contribution is 2.40. The van der Waals surface area contributed by atoms with Gasteiger partial charge in [-0.25, -0.2) is 0 Å². The Labute approximate surface area is 183 Å². The van der Waals surface area contributed by atoms with E-state index in [2.05, 4.69) is 52.0 Å². The van der Waals surface area contributed by atoms with Gasteiger partial charge in [0.25, 0.3) is 0 Å². The van der Waals surface area contributed by atoms with Gasteiger partial charge in [0.1, 0.15) is 5.75 Å². The van der Waals surface area contributed by atoms with Crippen molar-refractivity contribution in [2.75, 3.05) is 7.11 Å². The van der Waals surface area contributed by atoms with Crippen molar-refractivity contribution in [1.29, 1.82) is 0 Å². The molecular weight excluding hydrogens is 385 g/mol. The molecule has 1 aliphatic rings. The summed E-state index contributed by atoms with van der Waals surface area (Å²) in [4.78, 5) is 4.84. The zero-order valence-corrected chi connectivity index (χ0v) is 18.6. The molecule has 0 saturated carbocycles. The summed E-state index contributed by atoms with van der Waals surface area (Å²) in [5.41, 5.74) is 1.98. The molecule has 0 atom stereocenters. The molecule has 1 saturated heterocycles. The normalized spacial score (nSPS) is 17.4. The van der Waals surface area contributed by atoms with Crippen LogP contribution >= 0.6 is 0 Å². The molecule has 2 heterocycles. The largest absolute Gasteiger partial charge is 0.496 e. The Bertz CT molecular complexity index is 1280. The van der Waals surface area contributed by atoms with Crippen LogP contribution in [-0.2, 0) is 9.31 Å². The molecule has 5 rings (SSSR count). The monoisotopic (exact) mass is 411 g/mol. The maximum atomic E-state index is 6.47. The summed E-state index contributed by atoms with van der Waals surface area (Å²) in [5.74, 6) is 0.796. The van der Waals surface area contributed by atoms with Gasteiger partial charge in [0, 0.05) is 22.5 Å². The molecule has 4 aromatic rings.